The second-order valence-electron chi connectivity index (χ2n) is 4.22. The summed E-state index contributed by atoms with van der Waals surface area (Å²) < 4.78 is 1.65. The predicted octanol–water partition coefficient (Wildman–Crippen LogP) is 0.0940. The van der Waals surface area contributed by atoms with Crippen LogP contribution in [0.15, 0.2) is 23.0 Å². The number of imidazole rings is 1. The first kappa shape index (κ1) is 9.62. The molecule has 0 amide bonds. The molecule has 16 heavy (non-hydrogen) atoms. The number of rotatable bonds is 0. The van der Waals surface area contributed by atoms with Gasteiger partial charge in [-0.05, 0) is 12.5 Å². The van der Waals surface area contributed by atoms with Gasteiger partial charge < -0.3 is 15.8 Å². The summed E-state index contributed by atoms with van der Waals surface area (Å²) in [5.74, 6) is 0. The van der Waals surface area contributed by atoms with Gasteiger partial charge in [-0.15, -0.1) is 0 Å². The van der Waals surface area contributed by atoms with Gasteiger partial charge in [-0.25, -0.2) is 4.79 Å². The minimum absolute atomic E-state index is 0.135. The van der Waals surface area contributed by atoms with Gasteiger partial charge in [-0.3, -0.25) is 4.57 Å². The second-order valence-corrected chi connectivity index (χ2v) is 4.22. The van der Waals surface area contributed by atoms with Gasteiger partial charge in [-0.2, -0.15) is 0 Å². The summed E-state index contributed by atoms with van der Waals surface area (Å²) in [5, 5.41) is 10.1. The van der Waals surface area contributed by atoms with Crippen LogP contribution in [0.5, 0.6) is 0 Å². The molecule has 84 valence electrons. The molecule has 2 atom stereocenters. The molecule has 0 aliphatic carbocycles. The van der Waals surface area contributed by atoms with E-state index >= 15 is 0 Å². The monoisotopic (exact) mass is 219 g/mol. The molecule has 0 unspecified atom stereocenters. The van der Waals surface area contributed by atoms with E-state index in [0.717, 1.165) is 16.6 Å². The summed E-state index contributed by atoms with van der Waals surface area (Å²) in [7, 11) is 0. The quantitative estimate of drug-likeness (QED) is 0.587. The number of nitrogens with zero attached hydrogens (tertiary/aromatic N) is 1. The van der Waals surface area contributed by atoms with Crippen molar-refractivity contribution in [1.29, 1.82) is 0 Å². The van der Waals surface area contributed by atoms with Gasteiger partial charge in [-0.1, -0.05) is 12.1 Å². The number of aliphatic hydroxyl groups excluding tert-OH is 1. The smallest absolute Gasteiger partial charge is 0.326 e. The highest BCUT2D eigenvalue weighted by Gasteiger charge is 2.25. The van der Waals surface area contributed by atoms with E-state index in [1.807, 2.05) is 18.2 Å². The van der Waals surface area contributed by atoms with Crippen LogP contribution in [0.25, 0.3) is 11.0 Å². The van der Waals surface area contributed by atoms with Crippen molar-refractivity contribution >= 4 is 11.0 Å². The zero-order valence-electron chi connectivity index (χ0n) is 8.68. The Labute approximate surface area is 91.5 Å². The maximum absolute atomic E-state index is 11.7. The summed E-state index contributed by atoms with van der Waals surface area (Å²) in [6, 6.07) is 5.16. The number of aromatic nitrogens is 2. The van der Waals surface area contributed by atoms with Crippen molar-refractivity contribution < 1.29 is 5.11 Å². The van der Waals surface area contributed by atoms with Gasteiger partial charge in [0.1, 0.15) is 0 Å². The van der Waals surface area contributed by atoms with Gasteiger partial charge in [0.15, 0.2) is 0 Å². The zero-order chi connectivity index (χ0) is 11.3. The van der Waals surface area contributed by atoms with Crippen LogP contribution in [0, 0.1) is 0 Å². The van der Waals surface area contributed by atoms with Crippen LogP contribution in [0.2, 0.25) is 0 Å². The second kappa shape index (κ2) is 3.20. The highest BCUT2D eigenvalue weighted by molar-refractivity contribution is 5.79. The molecule has 0 fully saturated rings. The van der Waals surface area contributed by atoms with E-state index in [1.54, 1.807) is 4.57 Å². The van der Waals surface area contributed by atoms with Crippen molar-refractivity contribution in [3.05, 3.63) is 34.2 Å². The zero-order valence-corrected chi connectivity index (χ0v) is 8.68. The number of aliphatic hydroxyl groups is 1. The molecule has 1 aliphatic rings. The lowest BCUT2D eigenvalue weighted by Crippen LogP contribution is -2.28. The lowest BCUT2D eigenvalue weighted by Gasteiger charge is -2.15. The third-order valence-corrected chi connectivity index (χ3v) is 3.23. The van der Waals surface area contributed by atoms with E-state index in [4.69, 9.17) is 5.73 Å². The molecule has 3 rings (SSSR count). The fourth-order valence-corrected chi connectivity index (χ4v) is 2.37. The molecule has 1 aromatic carbocycles. The van der Waals surface area contributed by atoms with Crippen LogP contribution in [-0.4, -0.2) is 20.7 Å². The third kappa shape index (κ3) is 1.15. The Bertz CT molecular complexity index is 599. The van der Waals surface area contributed by atoms with Gasteiger partial charge >= 0.3 is 5.69 Å². The molecule has 0 saturated carbocycles. The Kier molecular flexibility index (Phi) is 1.92. The summed E-state index contributed by atoms with van der Waals surface area (Å²) in [6.45, 7) is 0.550. The maximum atomic E-state index is 11.7. The van der Waals surface area contributed by atoms with E-state index in [0.29, 0.717) is 13.0 Å². The van der Waals surface area contributed by atoms with E-state index in [1.165, 1.54) is 0 Å². The topological polar surface area (TPSA) is 84.0 Å². The Morgan fingerprint density at radius 3 is 3.12 bits per heavy atom. The number of nitrogens with one attached hydrogen (secondary N) is 1. The number of nitrogens with two attached hydrogens (primary N) is 1. The summed E-state index contributed by atoms with van der Waals surface area (Å²) in [6.07, 6.45) is -0.101. The van der Waals surface area contributed by atoms with Crippen LogP contribution in [0.1, 0.15) is 18.1 Å². The molecule has 5 heteroatoms. The van der Waals surface area contributed by atoms with Crippen LogP contribution >= 0.6 is 0 Å². The van der Waals surface area contributed by atoms with Crippen LogP contribution in [0.3, 0.4) is 0 Å². The molecule has 4 N–H and O–H groups in total. The van der Waals surface area contributed by atoms with Crippen molar-refractivity contribution in [3.8, 4) is 0 Å². The summed E-state index contributed by atoms with van der Waals surface area (Å²) in [5.41, 5.74) is 8.01. The summed E-state index contributed by atoms with van der Waals surface area (Å²) in [4.78, 5) is 14.5. The first-order chi connectivity index (χ1) is 7.68. The average Bonchev–Trinajstić information content (AvgIpc) is 2.53. The number of hydrogen-bond acceptors (Lipinski definition) is 3. The van der Waals surface area contributed by atoms with Gasteiger partial charge in [0.05, 0.1) is 17.1 Å². The fourth-order valence-electron chi connectivity index (χ4n) is 2.37. The van der Waals surface area contributed by atoms with Crippen LogP contribution in [-0.2, 0) is 6.54 Å². The van der Waals surface area contributed by atoms with Crippen molar-refractivity contribution in [2.45, 2.75) is 25.1 Å². The normalized spacial score (nSPS) is 24.6. The largest absolute Gasteiger partial charge is 0.387 e. The Morgan fingerprint density at radius 2 is 2.31 bits per heavy atom. The van der Waals surface area contributed by atoms with E-state index < -0.39 is 6.10 Å². The van der Waals surface area contributed by atoms with Crippen molar-refractivity contribution in [2.75, 3.05) is 0 Å². The third-order valence-electron chi connectivity index (χ3n) is 3.23. The highest BCUT2D eigenvalue weighted by atomic mass is 16.3. The predicted molar refractivity (Wildman–Crippen MR) is 60.1 cm³/mol. The van der Waals surface area contributed by atoms with Crippen LogP contribution < -0.4 is 11.4 Å². The fraction of sp³-hybridized carbons (Fsp3) is 0.364. The molecule has 1 aliphatic heterocycles. The minimum Gasteiger partial charge on any atom is -0.387 e. The molecular formula is C11H13N3O2. The number of hydrogen-bond donors (Lipinski definition) is 3. The van der Waals surface area contributed by atoms with Gasteiger partial charge in [0, 0.05) is 18.2 Å². The molecule has 5 nitrogen and oxygen atoms in total. The standard InChI is InChI=1S/C11H13N3O2/c12-7-4-5-14-9-6(10(7)15)2-1-3-8(9)13-11(14)16/h1-3,7,10,15H,4-5,12H2,(H,13,16)/t7-,10-/m1/s1. The summed E-state index contributed by atoms with van der Waals surface area (Å²) >= 11 is 0. The number of H-pyrrole nitrogens is 1. The molecular weight excluding hydrogens is 206 g/mol. The van der Waals surface area contributed by atoms with E-state index in [2.05, 4.69) is 4.98 Å². The number of aromatic amines is 1. The Hall–Kier alpha value is -1.59. The highest BCUT2D eigenvalue weighted by Crippen LogP contribution is 2.28. The van der Waals surface area contributed by atoms with E-state index in [9.17, 15) is 9.90 Å². The van der Waals surface area contributed by atoms with Gasteiger partial charge in [0.25, 0.3) is 0 Å². The molecule has 0 saturated heterocycles. The molecule has 1 aromatic heterocycles. The molecule has 2 aromatic rings. The van der Waals surface area contributed by atoms with Crippen molar-refractivity contribution in [1.82, 2.24) is 9.55 Å². The molecule has 0 radical (unpaired) electrons. The number of benzene rings is 1. The maximum Gasteiger partial charge on any atom is 0.326 e. The van der Waals surface area contributed by atoms with Gasteiger partial charge in [0.2, 0.25) is 0 Å². The first-order valence-corrected chi connectivity index (χ1v) is 5.33. The average molecular weight is 219 g/mol. The number of para-hydroxylation sites is 1. The molecule has 2 heterocycles. The first-order valence-electron chi connectivity index (χ1n) is 5.33. The van der Waals surface area contributed by atoms with E-state index in [-0.39, 0.29) is 11.7 Å². The molecule has 0 spiro atoms. The lowest BCUT2D eigenvalue weighted by atomic mass is 10.0. The lowest BCUT2D eigenvalue weighted by molar-refractivity contribution is 0.144. The van der Waals surface area contributed by atoms with Crippen molar-refractivity contribution in [2.24, 2.45) is 5.73 Å². The minimum atomic E-state index is -0.701. The molecule has 0 bridgehead atoms. The SMILES string of the molecule is N[C@@H]1CCn2c(=O)[nH]c3cccc(c32)[C@H]1O. The number of aryl methyl sites for hydroxylation is 1. The van der Waals surface area contributed by atoms with Crippen LogP contribution in [0.4, 0.5) is 0 Å². The van der Waals surface area contributed by atoms with Crippen molar-refractivity contribution in [3.63, 3.8) is 0 Å². The Morgan fingerprint density at radius 1 is 1.50 bits per heavy atom. The Balaban J connectivity index is 2.41.